The Hall–Kier alpha value is -0.300. The van der Waals surface area contributed by atoms with Gasteiger partial charge >= 0.3 is 6.18 Å². The van der Waals surface area contributed by atoms with E-state index in [9.17, 15) is 26.7 Å². The molecule has 2 unspecified atom stereocenters. The summed E-state index contributed by atoms with van der Waals surface area (Å²) in [6.45, 7) is 1.29. The monoisotopic (exact) mass is 248 g/mol. The van der Waals surface area contributed by atoms with Crippen molar-refractivity contribution >= 4 is 9.84 Å². The molecule has 0 bridgehead atoms. The smallest absolute Gasteiger partial charge is 0.389 e. The number of aliphatic hydroxyl groups is 1. The van der Waals surface area contributed by atoms with Gasteiger partial charge in [-0.15, -0.1) is 0 Å². The van der Waals surface area contributed by atoms with Crippen LogP contribution in [0.5, 0.6) is 0 Å². The zero-order valence-electron chi connectivity index (χ0n) is 8.58. The molecule has 3 nitrogen and oxygen atoms in total. The number of aliphatic hydroxyl groups excluding tert-OH is 1. The lowest BCUT2D eigenvalue weighted by molar-refractivity contribution is -0.136. The van der Waals surface area contributed by atoms with E-state index in [4.69, 9.17) is 0 Å². The second-order valence-electron chi connectivity index (χ2n) is 3.61. The third-order valence-corrected chi connectivity index (χ3v) is 3.84. The van der Waals surface area contributed by atoms with Crippen LogP contribution >= 0.6 is 0 Å². The van der Waals surface area contributed by atoms with Crippen molar-refractivity contribution in [1.82, 2.24) is 0 Å². The normalized spacial score (nSPS) is 17.5. The SMILES string of the molecule is CC(C(O)CCCC(F)(F)F)S(C)(=O)=O. The molecular weight excluding hydrogens is 233 g/mol. The number of rotatable bonds is 5. The third-order valence-electron chi connectivity index (χ3n) is 2.18. The first-order valence-electron chi connectivity index (χ1n) is 4.47. The van der Waals surface area contributed by atoms with Gasteiger partial charge in [0.1, 0.15) is 0 Å². The van der Waals surface area contributed by atoms with Gasteiger partial charge in [0, 0.05) is 12.7 Å². The van der Waals surface area contributed by atoms with Gasteiger partial charge in [-0.2, -0.15) is 13.2 Å². The Kier molecular flexibility index (Phi) is 5.05. The van der Waals surface area contributed by atoms with Crippen LogP contribution in [0.25, 0.3) is 0 Å². The highest BCUT2D eigenvalue weighted by Gasteiger charge is 2.29. The molecule has 0 heterocycles. The Balaban J connectivity index is 4.01. The van der Waals surface area contributed by atoms with E-state index in [1.54, 1.807) is 0 Å². The van der Waals surface area contributed by atoms with E-state index >= 15 is 0 Å². The highest BCUT2D eigenvalue weighted by atomic mass is 32.2. The van der Waals surface area contributed by atoms with Crippen LogP contribution in [0.1, 0.15) is 26.2 Å². The van der Waals surface area contributed by atoms with Crippen molar-refractivity contribution < 1.29 is 26.7 Å². The number of halogens is 3. The maximum Gasteiger partial charge on any atom is 0.389 e. The van der Waals surface area contributed by atoms with Crippen molar-refractivity contribution in [2.75, 3.05) is 6.26 Å². The number of alkyl halides is 3. The van der Waals surface area contributed by atoms with E-state index < -0.39 is 33.8 Å². The number of hydrogen-bond acceptors (Lipinski definition) is 3. The molecule has 0 spiro atoms. The van der Waals surface area contributed by atoms with Crippen molar-refractivity contribution in [2.24, 2.45) is 0 Å². The summed E-state index contributed by atoms with van der Waals surface area (Å²) in [6, 6.07) is 0. The van der Waals surface area contributed by atoms with Crippen LogP contribution < -0.4 is 0 Å². The topological polar surface area (TPSA) is 54.4 Å². The van der Waals surface area contributed by atoms with Crippen molar-refractivity contribution in [2.45, 2.75) is 43.7 Å². The molecule has 0 rings (SSSR count). The van der Waals surface area contributed by atoms with E-state index in [2.05, 4.69) is 0 Å². The summed E-state index contributed by atoms with van der Waals surface area (Å²) in [6.07, 6.45) is -5.96. The minimum absolute atomic E-state index is 0.159. The van der Waals surface area contributed by atoms with Gasteiger partial charge in [-0.1, -0.05) is 0 Å². The number of hydrogen-bond donors (Lipinski definition) is 1. The van der Waals surface area contributed by atoms with Crippen LogP contribution in [0.2, 0.25) is 0 Å². The molecule has 92 valence electrons. The molecule has 0 radical (unpaired) electrons. The van der Waals surface area contributed by atoms with Crippen LogP contribution in [-0.2, 0) is 9.84 Å². The molecule has 0 aliphatic heterocycles. The molecule has 0 aliphatic rings. The van der Waals surface area contributed by atoms with E-state index in [-0.39, 0.29) is 12.8 Å². The van der Waals surface area contributed by atoms with Gasteiger partial charge in [-0.3, -0.25) is 0 Å². The predicted molar refractivity (Wildman–Crippen MR) is 50.2 cm³/mol. The van der Waals surface area contributed by atoms with E-state index in [1.165, 1.54) is 6.92 Å². The molecule has 0 aromatic carbocycles. The molecule has 0 aromatic heterocycles. The first-order valence-corrected chi connectivity index (χ1v) is 6.43. The largest absolute Gasteiger partial charge is 0.392 e. The third kappa shape index (κ3) is 6.72. The zero-order chi connectivity index (χ0) is 12.3. The molecule has 2 atom stereocenters. The molecular formula is C8H15F3O3S. The first kappa shape index (κ1) is 14.7. The van der Waals surface area contributed by atoms with Crippen molar-refractivity contribution in [3.8, 4) is 0 Å². The zero-order valence-corrected chi connectivity index (χ0v) is 9.40. The quantitative estimate of drug-likeness (QED) is 0.802. The van der Waals surface area contributed by atoms with Crippen LogP contribution in [0.15, 0.2) is 0 Å². The summed E-state index contributed by atoms with van der Waals surface area (Å²) >= 11 is 0. The lowest BCUT2D eigenvalue weighted by Gasteiger charge is -2.17. The summed E-state index contributed by atoms with van der Waals surface area (Å²) in [5, 5.41) is 8.28. The summed E-state index contributed by atoms with van der Waals surface area (Å²) in [7, 11) is -3.40. The van der Waals surface area contributed by atoms with Crippen molar-refractivity contribution in [3.63, 3.8) is 0 Å². The minimum Gasteiger partial charge on any atom is -0.392 e. The van der Waals surface area contributed by atoms with E-state index in [0.717, 1.165) is 6.26 Å². The van der Waals surface area contributed by atoms with E-state index in [0.29, 0.717) is 0 Å². The predicted octanol–water partition coefficient (Wildman–Crippen LogP) is 1.51. The Morgan fingerprint density at radius 2 is 1.80 bits per heavy atom. The molecule has 7 heteroatoms. The second-order valence-corrected chi connectivity index (χ2v) is 6.01. The van der Waals surface area contributed by atoms with Gasteiger partial charge < -0.3 is 5.11 Å². The molecule has 0 aromatic rings. The summed E-state index contributed by atoms with van der Waals surface area (Å²) in [5.74, 6) is 0. The first-order chi connectivity index (χ1) is 6.54. The molecule has 0 aliphatic carbocycles. The van der Waals surface area contributed by atoms with Crippen molar-refractivity contribution in [3.05, 3.63) is 0 Å². The lowest BCUT2D eigenvalue weighted by Crippen LogP contribution is -2.30. The van der Waals surface area contributed by atoms with Gasteiger partial charge in [0.25, 0.3) is 0 Å². The Labute approximate surface area is 87.2 Å². The van der Waals surface area contributed by atoms with Gasteiger partial charge in [0.05, 0.1) is 11.4 Å². The van der Waals surface area contributed by atoms with Crippen molar-refractivity contribution in [1.29, 1.82) is 0 Å². The second kappa shape index (κ2) is 5.16. The van der Waals surface area contributed by atoms with Gasteiger partial charge in [0.15, 0.2) is 9.84 Å². The molecule has 0 saturated carbocycles. The fourth-order valence-electron chi connectivity index (χ4n) is 1.03. The molecule has 1 N–H and O–H groups in total. The summed E-state index contributed by atoms with van der Waals surface area (Å²) in [5.41, 5.74) is 0. The Morgan fingerprint density at radius 3 is 2.13 bits per heavy atom. The maximum atomic E-state index is 11.7. The lowest BCUT2D eigenvalue weighted by atomic mass is 10.1. The molecule has 0 saturated heterocycles. The summed E-state index contributed by atoms with van der Waals surface area (Å²) in [4.78, 5) is 0. The van der Waals surface area contributed by atoms with E-state index in [1.807, 2.05) is 0 Å². The minimum atomic E-state index is -4.26. The molecule has 0 fully saturated rings. The number of sulfone groups is 1. The van der Waals surface area contributed by atoms with Crippen LogP contribution in [0.3, 0.4) is 0 Å². The van der Waals surface area contributed by atoms with Crippen LogP contribution in [0, 0.1) is 0 Å². The van der Waals surface area contributed by atoms with Gasteiger partial charge in [-0.25, -0.2) is 8.42 Å². The standard InChI is InChI=1S/C8H15F3O3S/c1-6(15(2,13)14)7(12)4-3-5-8(9,10)11/h6-7,12H,3-5H2,1-2H3. The highest BCUT2D eigenvalue weighted by Crippen LogP contribution is 2.23. The average Bonchev–Trinajstić information content (AvgIpc) is 1.98. The fraction of sp³-hybridized carbons (Fsp3) is 1.00. The highest BCUT2D eigenvalue weighted by molar-refractivity contribution is 7.91. The van der Waals surface area contributed by atoms with Crippen LogP contribution in [-0.4, -0.2) is 37.3 Å². The van der Waals surface area contributed by atoms with Crippen LogP contribution in [0.4, 0.5) is 13.2 Å². The molecule has 0 amide bonds. The average molecular weight is 248 g/mol. The molecule has 15 heavy (non-hydrogen) atoms. The van der Waals surface area contributed by atoms with Gasteiger partial charge in [0.2, 0.25) is 0 Å². The van der Waals surface area contributed by atoms with Gasteiger partial charge in [-0.05, 0) is 19.8 Å². The Morgan fingerprint density at radius 1 is 1.33 bits per heavy atom. The summed E-state index contributed by atoms with van der Waals surface area (Å²) < 4.78 is 57.1. The maximum absolute atomic E-state index is 11.7. The fourth-order valence-corrected chi connectivity index (χ4v) is 1.74. The Bertz CT molecular complexity index is 284.